The lowest BCUT2D eigenvalue weighted by atomic mass is 10.0. The molecule has 1 unspecified atom stereocenters. The summed E-state index contributed by atoms with van der Waals surface area (Å²) in [5.41, 5.74) is 2.26. The molecule has 0 amide bonds. The van der Waals surface area contributed by atoms with Gasteiger partial charge in [0.1, 0.15) is 0 Å². The van der Waals surface area contributed by atoms with E-state index >= 15 is 0 Å². The number of aliphatic imine (C=N–C) groups is 1. The van der Waals surface area contributed by atoms with E-state index in [0.29, 0.717) is 29.7 Å². The number of hydrogen-bond donors (Lipinski definition) is 1. The summed E-state index contributed by atoms with van der Waals surface area (Å²) in [6.07, 6.45) is 5.14. The first-order valence-corrected chi connectivity index (χ1v) is 9.33. The fraction of sp³-hybridized carbons (Fsp3) is 0.500. The quantitative estimate of drug-likeness (QED) is 0.604. The van der Waals surface area contributed by atoms with Gasteiger partial charge in [-0.1, -0.05) is 0 Å². The molecule has 8 heteroatoms. The van der Waals surface area contributed by atoms with Crippen LogP contribution in [-0.2, 0) is 13.6 Å². The van der Waals surface area contributed by atoms with Gasteiger partial charge in [-0.2, -0.15) is 5.10 Å². The molecule has 1 aliphatic heterocycles. The monoisotopic (exact) mass is 387 g/mol. The van der Waals surface area contributed by atoms with E-state index < -0.39 is 0 Å². The molecular formula is C20H29N5O3. The van der Waals surface area contributed by atoms with Crippen LogP contribution in [0.3, 0.4) is 0 Å². The first kappa shape index (κ1) is 19.9. The summed E-state index contributed by atoms with van der Waals surface area (Å²) in [4.78, 5) is 6.75. The molecule has 1 fully saturated rings. The molecule has 0 spiro atoms. The Bertz CT molecular complexity index is 833. The molecule has 152 valence electrons. The van der Waals surface area contributed by atoms with Crippen LogP contribution >= 0.6 is 0 Å². The molecule has 1 aromatic heterocycles. The van der Waals surface area contributed by atoms with Crippen molar-refractivity contribution in [2.45, 2.75) is 18.9 Å². The number of ether oxygens (including phenoxy) is 3. The van der Waals surface area contributed by atoms with Gasteiger partial charge in [0.05, 0.1) is 27.5 Å². The summed E-state index contributed by atoms with van der Waals surface area (Å²) in [6.45, 7) is 2.46. The summed E-state index contributed by atoms with van der Waals surface area (Å²) < 4.78 is 18.2. The normalized spacial score (nSPS) is 17.0. The van der Waals surface area contributed by atoms with Gasteiger partial charge in [-0.15, -0.1) is 0 Å². The van der Waals surface area contributed by atoms with E-state index in [1.165, 1.54) is 5.56 Å². The number of guanidine groups is 1. The Hall–Kier alpha value is -2.90. The number of nitrogens with zero attached hydrogens (tertiary/aromatic N) is 4. The molecule has 3 rings (SSSR count). The molecule has 2 aromatic rings. The number of rotatable bonds is 6. The van der Waals surface area contributed by atoms with Gasteiger partial charge in [0.25, 0.3) is 0 Å². The molecule has 1 N–H and O–H groups in total. The summed E-state index contributed by atoms with van der Waals surface area (Å²) in [5.74, 6) is 3.26. The molecule has 1 saturated heterocycles. The zero-order valence-corrected chi connectivity index (χ0v) is 17.2. The predicted molar refractivity (Wildman–Crippen MR) is 108 cm³/mol. The van der Waals surface area contributed by atoms with Gasteiger partial charge in [0.2, 0.25) is 5.75 Å². The first-order chi connectivity index (χ1) is 13.6. The average Bonchev–Trinajstić information content (AvgIpc) is 3.37. The second-order valence-corrected chi connectivity index (χ2v) is 6.77. The zero-order valence-electron chi connectivity index (χ0n) is 17.2. The Morgan fingerprint density at radius 3 is 2.61 bits per heavy atom. The summed E-state index contributed by atoms with van der Waals surface area (Å²) in [7, 11) is 8.62. The third kappa shape index (κ3) is 4.00. The van der Waals surface area contributed by atoms with E-state index in [1.807, 2.05) is 37.1 Å². The van der Waals surface area contributed by atoms with Crippen molar-refractivity contribution in [3.63, 3.8) is 0 Å². The number of aromatic nitrogens is 2. The molecule has 0 bridgehead atoms. The van der Waals surface area contributed by atoms with Crippen LogP contribution in [0.2, 0.25) is 0 Å². The number of aryl methyl sites for hydroxylation is 1. The second-order valence-electron chi connectivity index (χ2n) is 6.77. The molecule has 28 heavy (non-hydrogen) atoms. The van der Waals surface area contributed by atoms with Crippen molar-refractivity contribution < 1.29 is 14.2 Å². The van der Waals surface area contributed by atoms with Gasteiger partial charge in [0.15, 0.2) is 17.5 Å². The topological polar surface area (TPSA) is 73.1 Å². The fourth-order valence-corrected chi connectivity index (χ4v) is 3.68. The van der Waals surface area contributed by atoms with E-state index in [4.69, 9.17) is 14.2 Å². The fourth-order valence-electron chi connectivity index (χ4n) is 3.68. The van der Waals surface area contributed by atoms with Crippen molar-refractivity contribution in [2.24, 2.45) is 12.0 Å². The Balaban J connectivity index is 1.68. The third-order valence-electron chi connectivity index (χ3n) is 5.12. The van der Waals surface area contributed by atoms with Crippen LogP contribution in [0, 0.1) is 0 Å². The van der Waals surface area contributed by atoms with Gasteiger partial charge in [-0.3, -0.25) is 9.67 Å². The summed E-state index contributed by atoms with van der Waals surface area (Å²) in [6, 6.07) is 3.86. The third-order valence-corrected chi connectivity index (χ3v) is 5.12. The summed E-state index contributed by atoms with van der Waals surface area (Å²) >= 11 is 0. The van der Waals surface area contributed by atoms with Gasteiger partial charge >= 0.3 is 0 Å². The molecule has 8 nitrogen and oxygen atoms in total. The van der Waals surface area contributed by atoms with E-state index in [-0.39, 0.29) is 0 Å². The van der Waals surface area contributed by atoms with E-state index in [0.717, 1.165) is 31.0 Å². The Kier molecular flexibility index (Phi) is 6.28. The highest BCUT2D eigenvalue weighted by atomic mass is 16.5. The molecule has 0 radical (unpaired) electrons. The minimum Gasteiger partial charge on any atom is -0.493 e. The average molecular weight is 387 g/mol. The Morgan fingerprint density at radius 2 is 2.00 bits per heavy atom. The van der Waals surface area contributed by atoms with Crippen molar-refractivity contribution in [3.8, 4) is 17.2 Å². The van der Waals surface area contributed by atoms with Crippen LogP contribution in [0.25, 0.3) is 0 Å². The lowest BCUT2D eigenvalue weighted by Gasteiger charge is -2.22. The minimum absolute atomic E-state index is 0.475. The number of methoxy groups -OCH3 is 3. The number of nitrogens with one attached hydrogen (secondary N) is 1. The van der Waals surface area contributed by atoms with Crippen LogP contribution in [0.5, 0.6) is 17.2 Å². The smallest absolute Gasteiger partial charge is 0.203 e. The van der Waals surface area contributed by atoms with Crippen LogP contribution < -0.4 is 19.5 Å². The van der Waals surface area contributed by atoms with Crippen LogP contribution in [0.15, 0.2) is 29.5 Å². The zero-order chi connectivity index (χ0) is 20.1. The lowest BCUT2D eigenvalue weighted by molar-refractivity contribution is 0.322. The molecule has 1 atom stereocenters. The van der Waals surface area contributed by atoms with Crippen LogP contribution in [-0.4, -0.2) is 62.1 Å². The van der Waals surface area contributed by atoms with Gasteiger partial charge < -0.3 is 24.4 Å². The van der Waals surface area contributed by atoms with E-state index in [9.17, 15) is 0 Å². The van der Waals surface area contributed by atoms with Crippen LogP contribution in [0.4, 0.5) is 0 Å². The number of likely N-dealkylation sites (tertiary alicyclic amines) is 1. The largest absolute Gasteiger partial charge is 0.493 e. The molecule has 0 aliphatic carbocycles. The number of benzene rings is 1. The number of hydrogen-bond acceptors (Lipinski definition) is 5. The highest BCUT2D eigenvalue weighted by molar-refractivity contribution is 5.80. The Morgan fingerprint density at radius 1 is 1.21 bits per heavy atom. The summed E-state index contributed by atoms with van der Waals surface area (Å²) in [5, 5.41) is 7.74. The van der Waals surface area contributed by atoms with Crippen molar-refractivity contribution in [2.75, 3.05) is 41.5 Å². The molecule has 2 heterocycles. The van der Waals surface area contributed by atoms with Gasteiger partial charge in [-0.25, -0.2) is 0 Å². The predicted octanol–water partition coefficient (Wildman–Crippen LogP) is 2.01. The molecule has 0 saturated carbocycles. The highest BCUT2D eigenvalue weighted by Gasteiger charge is 2.27. The van der Waals surface area contributed by atoms with Crippen molar-refractivity contribution in [3.05, 3.63) is 35.7 Å². The van der Waals surface area contributed by atoms with Crippen molar-refractivity contribution in [1.82, 2.24) is 20.0 Å². The molecule has 1 aliphatic rings. The van der Waals surface area contributed by atoms with E-state index in [1.54, 1.807) is 21.3 Å². The first-order valence-electron chi connectivity index (χ1n) is 9.33. The van der Waals surface area contributed by atoms with E-state index in [2.05, 4.69) is 26.5 Å². The van der Waals surface area contributed by atoms with Gasteiger partial charge in [-0.05, 0) is 24.1 Å². The Labute approximate surface area is 166 Å². The highest BCUT2D eigenvalue weighted by Crippen LogP contribution is 2.39. The van der Waals surface area contributed by atoms with Crippen molar-refractivity contribution >= 4 is 5.96 Å². The molecular weight excluding hydrogens is 358 g/mol. The van der Waals surface area contributed by atoms with Crippen molar-refractivity contribution in [1.29, 1.82) is 0 Å². The maximum Gasteiger partial charge on any atom is 0.203 e. The maximum atomic E-state index is 5.57. The lowest BCUT2D eigenvalue weighted by Crippen LogP contribution is -2.39. The standard InChI is InChI=1S/C20H29N5O3/c1-21-20(25-9-8-15(13-25)16-11-23-24(2)12-16)22-10-14-6-7-17(26-3)19(28-5)18(14)27-4/h6-7,11-12,15H,8-10,13H2,1-5H3,(H,21,22). The second kappa shape index (κ2) is 8.86. The maximum absolute atomic E-state index is 5.57. The van der Waals surface area contributed by atoms with Gasteiger partial charge in [0, 0.05) is 51.4 Å². The minimum atomic E-state index is 0.475. The molecule has 1 aromatic carbocycles. The van der Waals surface area contributed by atoms with Crippen LogP contribution in [0.1, 0.15) is 23.5 Å². The SMILES string of the molecule is CN=C(NCc1ccc(OC)c(OC)c1OC)N1CCC(c2cnn(C)c2)C1.